The first-order valence-electron chi connectivity index (χ1n) is 10.9. The van der Waals surface area contributed by atoms with Crippen molar-refractivity contribution in [3.8, 4) is 28.8 Å². The Morgan fingerprint density at radius 3 is 2.56 bits per heavy atom. The molecule has 0 unspecified atom stereocenters. The minimum atomic E-state index is -0.114. The number of ether oxygens (including phenoxy) is 2. The Balaban J connectivity index is 1.41. The molecule has 2 heterocycles. The number of nitrogens with one attached hydrogen (secondary N) is 1. The van der Waals surface area contributed by atoms with Crippen molar-refractivity contribution in [2.45, 2.75) is 18.4 Å². The average molecular weight is 470 g/mol. The van der Waals surface area contributed by atoms with Gasteiger partial charge in [-0.15, -0.1) is 0 Å². The average Bonchev–Trinajstić information content (AvgIpc) is 2.87. The zero-order valence-corrected chi connectivity index (χ0v) is 19.7. The number of rotatable bonds is 6. The van der Waals surface area contributed by atoms with Crippen LogP contribution >= 0.6 is 11.8 Å². The Morgan fingerprint density at radius 2 is 1.79 bits per heavy atom. The molecule has 0 bridgehead atoms. The summed E-state index contributed by atoms with van der Waals surface area (Å²) in [4.78, 5) is 22.2. The first-order valence-corrected chi connectivity index (χ1v) is 11.9. The molecule has 1 aliphatic rings. The molecule has 1 N–H and O–H groups in total. The highest BCUT2D eigenvalue weighted by Gasteiger charge is 2.24. The van der Waals surface area contributed by atoms with Gasteiger partial charge in [0.15, 0.2) is 5.82 Å². The van der Waals surface area contributed by atoms with Gasteiger partial charge in [-0.1, -0.05) is 59.8 Å². The minimum absolute atomic E-state index is 0.114. The van der Waals surface area contributed by atoms with Crippen LogP contribution in [0.25, 0.3) is 11.4 Å². The Bertz CT molecular complexity index is 1340. The number of hydrogen-bond donors (Lipinski definition) is 1. The number of anilines is 1. The van der Waals surface area contributed by atoms with E-state index in [-0.39, 0.29) is 11.7 Å². The van der Waals surface area contributed by atoms with Gasteiger partial charge in [0.25, 0.3) is 0 Å². The molecule has 0 radical (unpaired) electrons. The highest BCUT2D eigenvalue weighted by molar-refractivity contribution is 8.00. The fraction of sp³-hybridized carbons (Fsp3) is 0.148. The summed E-state index contributed by atoms with van der Waals surface area (Å²) in [7, 11) is 1.61. The third-order valence-electron chi connectivity index (χ3n) is 5.50. The molecule has 4 aromatic rings. The fourth-order valence-corrected chi connectivity index (χ4v) is 4.50. The summed E-state index contributed by atoms with van der Waals surface area (Å²) in [6.07, 6.45) is 0.655. The molecule has 1 aliphatic heterocycles. The lowest BCUT2D eigenvalue weighted by Crippen LogP contribution is -2.15. The van der Waals surface area contributed by atoms with Crippen molar-refractivity contribution in [3.63, 3.8) is 0 Å². The van der Waals surface area contributed by atoms with Gasteiger partial charge in [0.1, 0.15) is 16.5 Å². The number of amides is 1. The number of benzene rings is 3. The number of methoxy groups -OCH3 is 1. The highest BCUT2D eigenvalue weighted by atomic mass is 32.2. The molecule has 0 spiro atoms. The minimum Gasteiger partial charge on any atom is -0.497 e. The molecule has 5 rings (SSSR count). The molecule has 0 saturated heterocycles. The maximum Gasteiger partial charge on any atom is 0.234 e. The number of thioether (sulfide) groups is 1. The fourth-order valence-electron chi connectivity index (χ4n) is 3.68. The molecule has 1 aromatic heterocycles. The number of fused-ring (bicyclic) bond motifs is 2. The van der Waals surface area contributed by atoms with Crippen molar-refractivity contribution in [2.75, 3.05) is 18.2 Å². The Morgan fingerprint density at radius 1 is 1.03 bits per heavy atom. The lowest BCUT2D eigenvalue weighted by Gasteiger charge is -2.21. The number of para-hydroxylation sites is 1. The SMILES string of the molecule is COc1ccc(NC(=O)CSc2nc(-c3ccc(C)cc3)nc3c2Cc2ccccc2O3)cc1. The lowest BCUT2D eigenvalue weighted by molar-refractivity contribution is -0.113. The van der Waals surface area contributed by atoms with E-state index in [0.717, 1.165) is 38.8 Å². The topological polar surface area (TPSA) is 73.3 Å². The van der Waals surface area contributed by atoms with Gasteiger partial charge in [-0.3, -0.25) is 4.79 Å². The van der Waals surface area contributed by atoms with Gasteiger partial charge in [0, 0.05) is 17.7 Å². The van der Waals surface area contributed by atoms with Gasteiger partial charge >= 0.3 is 0 Å². The van der Waals surface area contributed by atoms with E-state index in [9.17, 15) is 4.79 Å². The number of carbonyl (C=O) groups excluding carboxylic acids is 1. The predicted molar refractivity (Wildman–Crippen MR) is 134 cm³/mol. The van der Waals surface area contributed by atoms with Crippen LogP contribution in [-0.4, -0.2) is 28.7 Å². The first kappa shape index (κ1) is 22.0. The van der Waals surface area contributed by atoms with E-state index in [0.29, 0.717) is 23.8 Å². The first-order chi connectivity index (χ1) is 16.6. The van der Waals surface area contributed by atoms with Crippen LogP contribution < -0.4 is 14.8 Å². The van der Waals surface area contributed by atoms with Crippen molar-refractivity contribution in [2.24, 2.45) is 0 Å². The molecule has 3 aromatic carbocycles. The summed E-state index contributed by atoms with van der Waals surface area (Å²) in [6, 6.07) is 23.2. The van der Waals surface area contributed by atoms with Crippen molar-refractivity contribution in [1.29, 1.82) is 0 Å². The summed E-state index contributed by atoms with van der Waals surface area (Å²) >= 11 is 1.39. The van der Waals surface area contributed by atoms with E-state index in [1.807, 2.05) is 79.7 Å². The smallest absolute Gasteiger partial charge is 0.234 e. The molecule has 1 amide bonds. The van der Waals surface area contributed by atoms with Crippen molar-refractivity contribution in [3.05, 3.63) is 89.5 Å². The van der Waals surface area contributed by atoms with Crippen LogP contribution in [0.3, 0.4) is 0 Å². The Hall–Kier alpha value is -3.84. The highest BCUT2D eigenvalue weighted by Crippen LogP contribution is 2.40. The van der Waals surface area contributed by atoms with Gasteiger partial charge in [0.05, 0.1) is 18.4 Å². The van der Waals surface area contributed by atoms with Crippen LogP contribution in [0.5, 0.6) is 17.4 Å². The summed E-state index contributed by atoms with van der Waals surface area (Å²) in [5, 5.41) is 3.67. The van der Waals surface area contributed by atoms with E-state index < -0.39 is 0 Å². The summed E-state index contributed by atoms with van der Waals surface area (Å²) in [5.41, 5.74) is 4.76. The standard InChI is InChI=1S/C27H23N3O3S/c1-17-7-9-18(10-8-17)25-29-26-22(15-19-5-3-4-6-23(19)33-26)27(30-25)34-16-24(31)28-20-11-13-21(32-2)14-12-20/h3-14H,15-16H2,1-2H3,(H,28,31). The molecular formula is C27H23N3O3S. The number of nitrogens with zero attached hydrogens (tertiary/aromatic N) is 2. The molecule has 0 saturated carbocycles. The van der Waals surface area contributed by atoms with Crippen LogP contribution in [0, 0.1) is 6.92 Å². The van der Waals surface area contributed by atoms with Crippen LogP contribution in [0.1, 0.15) is 16.7 Å². The Kier molecular flexibility index (Phi) is 6.18. The molecular weight excluding hydrogens is 446 g/mol. The molecule has 6 nitrogen and oxygen atoms in total. The zero-order valence-electron chi connectivity index (χ0n) is 18.9. The van der Waals surface area contributed by atoms with Crippen molar-refractivity contribution >= 4 is 23.4 Å². The van der Waals surface area contributed by atoms with Gasteiger partial charge in [-0.25, -0.2) is 4.98 Å². The van der Waals surface area contributed by atoms with Crippen LogP contribution in [0.4, 0.5) is 5.69 Å². The molecule has 0 aliphatic carbocycles. The number of aryl methyl sites for hydroxylation is 1. The quantitative estimate of drug-likeness (QED) is 0.247. The third-order valence-corrected chi connectivity index (χ3v) is 6.52. The summed E-state index contributed by atoms with van der Waals surface area (Å²) < 4.78 is 11.3. The predicted octanol–water partition coefficient (Wildman–Crippen LogP) is 5.89. The molecule has 34 heavy (non-hydrogen) atoms. The Labute approximate surface area is 202 Å². The number of hydrogen-bond acceptors (Lipinski definition) is 6. The largest absolute Gasteiger partial charge is 0.497 e. The van der Waals surface area contributed by atoms with Gasteiger partial charge in [-0.05, 0) is 42.8 Å². The van der Waals surface area contributed by atoms with Gasteiger partial charge < -0.3 is 14.8 Å². The molecule has 0 atom stereocenters. The normalized spacial score (nSPS) is 11.7. The van der Waals surface area contributed by atoms with E-state index >= 15 is 0 Å². The maximum atomic E-state index is 12.7. The van der Waals surface area contributed by atoms with Crippen LogP contribution in [-0.2, 0) is 11.2 Å². The monoisotopic (exact) mass is 469 g/mol. The van der Waals surface area contributed by atoms with Crippen molar-refractivity contribution in [1.82, 2.24) is 9.97 Å². The second-order valence-corrected chi connectivity index (χ2v) is 8.92. The maximum absolute atomic E-state index is 12.7. The second kappa shape index (κ2) is 9.57. The van der Waals surface area contributed by atoms with E-state index in [4.69, 9.17) is 19.4 Å². The van der Waals surface area contributed by atoms with E-state index in [2.05, 4.69) is 5.32 Å². The third kappa shape index (κ3) is 4.75. The van der Waals surface area contributed by atoms with Crippen LogP contribution in [0.15, 0.2) is 77.8 Å². The number of carbonyl (C=O) groups is 1. The van der Waals surface area contributed by atoms with Gasteiger partial charge in [-0.2, -0.15) is 4.98 Å². The van der Waals surface area contributed by atoms with Crippen LogP contribution in [0.2, 0.25) is 0 Å². The molecule has 7 heteroatoms. The lowest BCUT2D eigenvalue weighted by atomic mass is 10.0. The summed E-state index contributed by atoms with van der Waals surface area (Å²) in [6.45, 7) is 2.04. The number of aromatic nitrogens is 2. The zero-order chi connectivity index (χ0) is 23.5. The summed E-state index contributed by atoms with van der Waals surface area (Å²) in [5.74, 6) is 2.76. The van der Waals surface area contributed by atoms with E-state index in [1.165, 1.54) is 11.8 Å². The molecule has 0 fully saturated rings. The van der Waals surface area contributed by atoms with E-state index in [1.54, 1.807) is 7.11 Å². The van der Waals surface area contributed by atoms with Gasteiger partial charge in [0.2, 0.25) is 11.8 Å². The molecule has 170 valence electrons. The van der Waals surface area contributed by atoms with Crippen molar-refractivity contribution < 1.29 is 14.3 Å². The second-order valence-electron chi connectivity index (χ2n) is 7.95.